The molecule has 7 rings (SSSR count). The molecule has 8 bridgehead atoms. The zero-order chi connectivity index (χ0) is 31.6. The Labute approximate surface area is 282 Å². The number of nitrogens with zero attached hydrogens (tertiary/aromatic N) is 4. The van der Waals surface area contributed by atoms with Gasteiger partial charge in [0, 0.05) is 5.41 Å². The number of rotatable bonds is 2. The zero-order valence-corrected chi connectivity index (χ0v) is 28.9. The summed E-state index contributed by atoms with van der Waals surface area (Å²) >= 11 is 0. The van der Waals surface area contributed by atoms with Crippen molar-refractivity contribution in [1.82, 2.24) is 9.97 Å². The molecule has 0 aliphatic carbocycles. The molecule has 0 amide bonds. The Morgan fingerprint density at radius 1 is 0.674 bits per heavy atom. The van der Waals surface area contributed by atoms with Crippen LogP contribution in [0.4, 0.5) is 0 Å². The molecule has 1 unspecified atom stereocenters. The Bertz CT molecular complexity index is 2100. The molecule has 0 saturated carbocycles. The van der Waals surface area contributed by atoms with Crippen molar-refractivity contribution in [1.29, 1.82) is 0 Å². The van der Waals surface area contributed by atoms with Crippen LogP contribution in [0.1, 0.15) is 72.5 Å². The van der Waals surface area contributed by atoms with Crippen LogP contribution < -0.4 is 20.7 Å². The van der Waals surface area contributed by atoms with E-state index in [4.69, 9.17) is 20.0 Å². The molecule has 2 aromatic carbocycles. The Balaban J connectivity index is 0.00000372. The standard InChI is InChI=1S/C41H40N4.Ni/c1-23-24(2)32-20-34-27(5)28(6)36(44-34)22-38-41(7,8)40(39(29-15-11-9-12-16-29)30-17-13-10-14-18-30)37(45-38)21-35-26(4)25(3)33(43-35)19-31(23)42-32;/h9-21,38H,22H2,1-8H3;/q-2;+2/b32-20-,33-19-,35-21-;. The van der Waals surface area contributed by atoms with E-state index in [-0.39, 0.29) is 27.9 Å². The molecule has 5 heteroatoms. The monoisotopic (exact) mass is 646 g/mol. The maximum absolute atomic E-state index is 5.56. The summed E-state index contributed by atoms with van der Waals surface area (Å²) in [5.41, 5.74) is 16.8. The van der Waals surface area contributed by atoms with E-state index in [1.807, 2.05) is 0 Å². The van der Waals surface area contributed by atoms with Gasteiger partial charge < -0.3 is 9.97 Å². The average Bonchev–Trinajstić information content (AvgIpc) is 3.64. The van der Waals surface area contributed by atoms with Crippen molar-refractivity contribution in [2.45, 2.75) is 67.9 Å². The number of aliphatic imine (C=N–C) groups is 2. The second kappa shape index (κ2) is 11.9. The summed E-state index contributed by atoms with van der Waals surface area (Å²) < 4.78 is 0. The van der Waals surface area contributed by atoms with Gasteiger partial charge in [-0.2, -0.15) is 5.69 Å². The summed E-state index contributed by atoms with van der Waals surface area (Å²) in [5, 5.41) is 1.93. The molecule has 0 fully saturated rings. The number of hydrogen-bond donors (Lipinski definition) is 0. The van der Waals surface area contributed by atoms with E-state index in [0.717, 1.165) is 45.6 Å². The van der Waals surface area contributed by atoms with E-state index in [9.17, 15) is 0 Å². The van der Waals surface area contributed by atoms with Crippen molar-refractivity contribution < 1.29 is 16.5 Å². The van der Waals surface area contributed by atoms with E-state index in [2.05, 4.69) is 134 Å². The van der Waals surface area contributed by atoms with Gasteiger partial charge in [0.25, 0.3) is 0 Å². The molecule has 234 valence electrons. The van der Waals surface area contributed by atoms with Crippen LogP contribution in [0.5, 0.6) is 0 Å². The van der Waals surface area contributed by atoms with E-state index in [1.54, 1.807) is 0 Å². The van der Waals surface area contributed by atoms with Gasteiger partial charge in [-0.3, -0.25) is 4.99 Å². The van der Waals surface area contributed by atoms with Gasteiger partial charge >= 0.3 is 16.5 Å². The van der Waals surface area contributed by atoms with Gasteiger partial charge in [0.05, 0.1) is 23.2 Å². The topological polar surface area (TPSA) is 52.9 Å². The molecule has 5 heterocycles. The van der Waals surface area contributed by atoms with Crippen LogP contribution in [0.25, 0.3) is 23.8 Å². The zero-order valence-electron chi connectivity index (χ0n) is 27.9. The van der Waals surface area contributed by atoms with Crippen LogP contribution >= 0.6 is 0 Å². The van der Waals surface area contributed by atoms with Crippen molar-refractivity contribution in [3.8, 4) is 0 Å². The van der Waals surface area contributed by atoms with Crippen molar-refractivity contribution >= 4 is 35.2 Å². The molecular formula is C41H40N4Ni. The van der Waals surface area contributed by atoms with Gasteiger partial charge in [-0.25, -0.2) is 4.99 Å². The molecule has 0 N–H and O–H groups in total. The molecule has 0 radical (unpaired) electrons. The largest absolute Gasteiger partial charge is 2.00 e. The van der Waals surface area contributed by atoms with E-state index < -0.39 is 0 Å². The first-order valence-corrected chi connectivity index (χ1v) is 15.9. The van der Waals surface area contributed by atoms with Gasteiger partial charge in [0.1, 0.15) is 0 Å². The van der Waals surface area contributed by atoms with Crippen LogP contribution in [0.2, 0.25) is 0 Å². The molecule has 4 aromatic rings. The second-order valence-corrected chi connectivity index (χ2v) is 13.3. The minimum atomic E-state index is -0.274. The number of hydrogen-bond acceptors (Lipinski definition) is 2. The summed E-state index contributed by atoms with van der Waals surface area (Å²) in [7, 11) is 0. The fourth-order valence-electron chi connectivity index (χ4n) is 6.97. The first-order chi connectivity index (χ1) is 21.5. The number of fused-ring (bicyclic) bond motifs is 6. The summed E-state index contributed by atoms with van der Waals surface area (Å²) in [6, 6.07) is 21.5. The average molecular weight is 647 g/mol. The third-order valence-corrected chi connectivity index (χ3v) is 10.4. The first kappa shape index (κ1) is 31.8. The Morgan fingerprint density at radius 3 is 1.83 bits per heavy atom. The quantitative estimate of drug-likeness (QED) is 0.218. The molecule has 3 aliphatic rings. The van der Waals surface area contributed by atoms with E-state index in [1.165, 1.54) is 55.7 Å². The summed E-state index contributed by atoms with van der Waals surface area (Å²) in [6.45, 7) is 17.7. The Morgan fingerprint density at radius 2 is 1.24 bits per heavy atom. The fraction of sp³-hybridized carbons (Fsp3) is 0.268. The van der Waals surface area contributed by atoms with E-state index >= 15 is 0 Å². The molecule has 3 aliphatic heterocycles. The smallest absolute Gasteiger partial charge is 0.661 e. The third-order valence-electron chi connectivity index (χ3n) is 10.4. The Kier molecular flexibility index (Phi) is 8.19. The van der Waals surface area contributed by atoms with Crippen molar-refractivity contribution in [2.75, 3.05) is 0 Å². The van der Waals surface area contributed by atoms with Gasteiger partial charge in [0.2, 0.25) is 0 Å². The molecule has 0 saturated heterocycles. The second-order valence-electron chi connectivity index (χ2n) is 13.3. The number of aromatic nitrogens is 2. The van der Waals surface area contributed by atoms with Crippen molar-refractivity contribution in [2.24, 2.45) is 15.4 Å². The number of benzene rings is 2. The predicted molar refractivity (Wildman–Crippen MR) is 188 cm³/mol. The van der Waals surface area contributed by atoms with Crippen LogP contribution in [0.3, 0.4) is 0 Å². The maximum atomic E-state index is 5.56. The van der Waals surface area contributed by atoms with Crippen LogP contribution in [0.15, 0.2) is 93.1 Å². The fourth-order valence-corrected chi connectivity index (χ4v) is 6.97. The predicted octanol–water partition coefficient (Wildman–Crippen LogP) is 7.13. The minimum Gasteiger partial charge on any atom is -0.661 e. The maximum Gasteiger partial charge on any atom is 2.00 e. The molecular weight excluding hydrogens is 607 g/mol. The number of allylic oxidation sites excluding steroid dienone is 2. The van der Waals surface area contributed by atoms with Crippen LogP contribution in [0, 0.1) is 33.1 Å². The van der Waals surface area contributed by atoms with Crippen LogP contribution in [-0.4, -0.2) is 17.5 Å². The van der Waals surface area contributed by atoms with Gasteiger partial charge in [-0.1, -0.05) is 115 Å². The van der Waals surface area contributed by atoms with Gasteiger partial charge in [0.15, 0.2) is 0 Å². The van der Waals surface area contributed by atoms with Crippen LogP contribution in [-0.2, 0) is 22.9 Å². The summed E-state index contributed by atoms with van der Waals surface area (Å²) in [6.07, 6.45) is 7.29. The summed E-state index contributed by atoms with van der Waals surface area (Å²) in [4.78, 5) is 21.1. The molecule has 46 heavy (non-hydrogen) atoms. The van der Waals surface area contributed by atoms with E-state index in [0.29, 0.717) is 0 Å². The Hall–Kier alpha value is -4.21. The minimum absolute atomic E-state index is 0. The molecule has 2 aromatic heterocycles. The molecule has 0 spiro atoms. The molecule has 4 nitrogen and oxygen atoms in total. The summed E-state index contributed by atoms with van der Waals surface area (Å²) in [5.74, 6) is 0. The van der Waals surface area contributed by atoms with Crippen molar-refractivity contribution in [3.05, 3.63) is 139 Å². The first-order valence-electron chi connectivity index (χ1n) is 15.9. The van der Waals surface area contributed by atoms with Gasteiger partial charge in [-0.15, -0.1) is 16.4 Å². The third kappa shape index (κ3) is 5.15. The normalized spacial score (nSPS) is 20.9. The van der Waals surface area contributed by atoms with Gasteiger partial charge in [-0.05, 0) is 81.4 Å². The SMILES string of the molecule is CC1=C(C)/C2=C/c3[n-]c(c(C)c3C)CC3N=C(/C=c4\[n-]/c(c(C)c4C)=C\C1=N2)C(=C(c1ccccc1)c1ccccc1)C3(C)C.[Ni+2]. The molecule has 1 atom stereocenters. The van der Waals surface area contributed by atoms with Crippen molar-refractivity contribution in [3.63, 3.8) is 0 Å².